The number of pyridine rings is 2. The van der Waals surface area contributed by atoms with E-state index < -0.39 is 5.97 Å². The third kappa shape index (κ3) is 5.00. The summed E-state index contributed by atoms with van der Waals surface area (Å²) in [5.41, 5.74) is 3.15. The lowest BCUT2D eigenvalue weighted by atomic mass is 9.85. The van der Waals surface area contributed by atoms with Gasteiger partial charge in [0.05, 0.1) is 24.7 Å². The molecular weight excluding hydrogens is 446 g/mol. The second kappa shape index (κ2) is 10.4. The molecular formula is C26H31N5O4. The van der Waals surface area contributed by atoms with Crippen LogP contribution in [0.5, 0.6) is 0 Å². The van der Waals surface area contributed by atoms with E-state index >= 15 is 0 Å². The third-order valence-electron chi connectivity index (χ3n) is 6.91. The number of methoxy groups -OCH3 is 1. The minimum Gasteiger partial charge on any atom is -0.464 e. The van der Waals surface area contributed by atoms with Gasteiger partial charge in [-0.2, -0.15) is 0 Å². The second-order valence-electron chi connectivity index (χ2n) is 9.18. The monoisotopic (exact) mass is 477 g/mol. The fraction of sp³-hybridized carbons (Fsp3) is 0.462. The number of fused-ring (bicyclic) bond motifs is 1. The molecule has 0 radical (unpaired) electrons. The summed E-state index contributed by atoms with van der Waals surface area (Å²) in [5.74, 6) is -0.594. The number of aromatic nitrogens is 3. The molecule has 9 heteroatoms. The number of ether oxygens (including phenoxy) is 2. The molecule has 4 heterocycles. The summed E-state index contributed by atoms with van der Waals surface area (Å²) in [6.07, 6.45) is 8.76. The van der Waals surface area contributed by atoms with Crippen molar-refractivity contribution in [2.45, 2.75) is 51.1 Å². The van der Waals surface area contributed by atoms with E-state index in [1.165, 1.54) is 7.11 Å². The van der Waals surface area contributed by atoms with Crippen molar-refractivity contribution >= 4 is 34.3 Å². The molecule has 0 unspecified atom stereocenters. The topological polar surface area (TPSA) is 107 Å². The summed E-state index contributed by atoms with van der Waals surface area (Å²) in [6, 6.07) is 8.03. The van der Waals surface area contributed by atoms with Crippen LogP contribution in [0.1, 0.15) is 48.3 Å². The van der Waals surface area contributed by atoms with Crippen LogP contribution in [-0.4, -0.2) is 52.8 Å². The molecule has 1 aliphatic carbocycles. The summed E-state index contributed by atoms with van der Waals surface area (Å²) < 4.78 is 12.5. The van der Waals surface area contributed by atoms with Crippen LogP contribution in [0.25, 0.3) is 11.0 Å². The maximum absolute atomic E-state index is 13.0. The third-order valence-corrected chi connectivity index (χ3v) is 6.91. The number of hydrogen-bond acceptors (Lipinski definition) is 7. The summed E-state index contributed by atoms with van der Waals surface area (Å²) in [6.45, 7) is 1.93. The van der Waals surface area contributed by atoms with Crippen molar-refractivity contribution in [3.05, 3.63) is 48.0 Å². The first-order chi connectivity index (χ1) is 17.1. The fourth-order valence-electron chi connectivity index (χ4n) is 4.70. The summed E-state index contributed by atoms with van der Waals surface area (Å²) in [4.78, 5) is 35.1. The Morgan fingerprint density at radius 3 is 2.69 bits per heavy atom. The van der Waals surface area contributed by atoms with Gasteiger partial charge in [-0.3, -0.25) is 9.78 Å². The van der Waals surface area contributed by atoms with Crippen molar-refractivity contribution in [1.82, 2.24) is 14.5 Å². The van der Waals surface area contributed by atoms with Crippen LogP contribution in [0.3, 0.4) is 0 Å². The number of amides is 1. The predicted octanol–water partition coefficient (Wildman–Crippen LogP) is 3.79. The van der Waals surface area contributed by atoms with Crippen LogP contribution in [-0.2, 0) is 27.2 Å². The molecule has 0 bridgehead atoms. The number of nitrogens with zero attached hydrogens (tertiary/aromatic N) is 3. The van der Waals surface area contributed by atoms with Crippen LogP contribution >= 0.6 is 0 Å². The normalized spacial score (nSPS) is 16.6. The molecule has 1 saturated heterocycles. The minimum absolute atomic E-state index is 0.0241. The van der Waals surface area contributed by atoms with E-state index in [2.05, 4.69) is 15.6 Å². The first-order valence-electron chi connectivity index (χ1n) is 12.3. The second-order valence-corrected chi connectivity index (χ2v) is 9.18. The Balaban J connectivity index is 1.55. The average molecular weight is 478 g/mol. The van der Waals surface area contributed by atoms with E-state index in [0.29, 0.717) is 36.0 Å². The molecule has 1 saturated carbocycles. The molecule has 3 aromatic rings. The molecule has 2 N–H and O–H groups in total. The first-order valence-corrected chi connectivity index (χ1v) is 12.3. The number of carbonyl (C=O) groups excluding carboxylic acids is 2. The highest BCUT2D eigenvalue weighted by molar-refractivity contribution is 6.11. The number of anilines is 2. The lowest BCUT2D eigenvalue weighted by molar-refractivity contribution is -0.122. The van der Waals surface area contributed by atoms with E-state index in [-0.39, 0.29) is 11.8 Å². The molecule has 3 aromatic heterocycles. The Labute approximate surface area is 204 Å². The highest BCUT2D eigenvalue weighted by atomic mass is 16.5. The van der Waals surface area contributed by atoms with Gasteiger partial charge in [-0.05, 0) is 43.9 Å². The lowest BCUT2D eigenvalue weighted by Crippen LogP contribution is -2.29. The van der Waals surface area contributed by atoms with Gasteiger partial charge in [-0.25, -0.2) is 9.78 Å². The Bertz CT molecular complexity index is 1200. The summed E-state index contributed by atoms with van der Waals surface area (Å²) in [7, 11) is 1.35. The van der Waals surface area contributed by atoms with Crippen LogP contribution in [0.4, 0.5) is 11.4 Å². The highest BCUT2D eigenvalue weighted by Gasteiger charge is 2.30. The molecule has 9 nitrogen and oxygen atoms in total. The van der Waals surface area contributed by atoms with E-state index in [4.69, 9.17) is 14.5 Å². The SMILES string of the molecule is COC(=O)c1c(NC(=O)C2CCC2)c2cc(NC3CCOCC3)cnc2n1CCc1ccccn1. The van der Waals surface area contributed by atoms with Gasteiger partial charge < -0.3 is 24.7 Å². The number of nitrogens with one attached hydrogen (secondary N) is 2. The maximum Gasteiger partial charge on any atom is 0.356 e. The average Bonchev–Trinajstić information content (AvgIpc) is 3.15. The van der Waals surface area contributed by atoms with E-state index in [1.54, 1.807) is 12.4 Å². The molecule has 2 aliphatic rings. The van der Waals surface area contributed by atoms with Crippen molar-refractivity contribution in [2.75, 3.05) is 31.0 Å². The quantitative estimate of drug-likeness (QED) is 0.475. The Morgan fingerprint density at radius 2 is 2.00 bits per heavy atom. The number of esters is 1. The summed E-state index contributed by atoms with van der Waals surface area (Å²) in [5, 5.41) is 7.31. The lowest BCUT2D eigenvalue weighted by Gasteiger charge is -2.24. The van der Waals surface area contributed by atoms with E-state index in [0.717, 1.165) is 62.1 Å². The molecule has 184 valence electrons. The maximum atomic E-state index is 13.0. The summed E-state index contributed by atoms with van der Waals surface area (Å²) >= 11 is 0. The van der Waals surface area contributed by atoms with Crippen molar-refractivity contribution in [2.24, 2.45) is 5.92 Å². The molecule has 0 aromatic carbocycles. The van der Waals surface area contributed by atoms with Gasteiger partial charge in [0, 0.05) is 55.4 Å². The molecule has 2 fully saturated rings. The molecule has 35 heavy (non-hydrogen) atoms. The fourth-order valence-corrected chi connectivity index (χ4v) is 4.70. The molecule has 0 spiro atoms. The van der Waals surface area contributed by atoms with E-state index in [9.17, 15) is 9.59 Å². The largest absolute Gasteiger partial charge is 0.464 e. The zero-order valence-electron chi connectivity index (χ0n) is 20.0. The Hall–Kier alpha value is -3.46. The number of aryl methyl sites for hydroxylation is 2. The zero-order valence-corrected chi connectivity index (χ0v) is 20.0. The molecule has 5 rings (SSSR count). The Kier molecular flexibility index (Phi) is 6.94. The van der Waals surface area contributed by atoms with Crippen LogP contribution in [0.2, 0.25) is 0 Å². The highest BCUT2D eigenvalue weighted by Crippen LogP contribution is 2.35. The van der Waals surface area contributed by atoms with Crippen molar-refractivity contribution < 1.29 is 19.1 Å². The molecule has 1 aliphatic heterocycles. The van der Waals surface area contributed by atoms with Crippen molar-refractivity contribution in [1.29, 1.82) is 0 Å². The smallest absolute Gasteiger partial charge is 0.356 e. The number of rotatable bonds is 8. The van der Waals surface area contributed by atoms with Gasteiger partial charge in [0.25, 0.3) is 0 Å². The standard InChI is InChI=1S/C26H31N5O4/c1-34-26(33)23-22(30-25(32)17-5-4-6-17)21-15-20(29-19-9-13-35-14-10-19)16-28-24(21)31(23)12-8-18-7-2-3-11-27-18/h2-3,7,11,15-17,19,29H,4-6,8-10,12-14H2,1H3,(H,30,32). The van der Waals surface area contributed by atoms with Gasteiger partial charge in [-0.15, -0.1) is 0 Å². The molecule has 1 amide bonds. The van der Waals surface area contributed by atoms with Crippen LogP contribution in [0.15, 0.2) is 36.7 Å². The van der Waals surface area contributed by atoms with Gasteiger partial charge in [-0.1, -0.05) is 12.5 Å². The number of carbonyl (C=O) groups is 2. The van der Waals surface area contributed by atoms with Crippen molar-refractivity contribution in [3.8, 4) is 0 Å². The van der Waals surface area contributed by atoms with Gasteiger partial charge in [0.15, 0.2) is 5.69 Å². The zero-order chi connectivity index (χ0) is 24.2. The predicted molar refractivity (Wildman–Crippen MR) is 132 cm³/mol. The van der Waals surface area contributed by atoms with Crippen LogP contribution < -0.4 is 10.6 Å². The van der Waals surface area contributed by atoms with Gasteiger partial charge in [0.2, 0.25) is 5.91 Å². The number of hydrogen-bond donors (Lipinski definition) is 2. The Morgan fingerprint density at radius 1 is 1.17 bits per heavy atom. The van der Waals surface area contributed by atoms with Crippen LogP contribution in [0, 0.1) is 5.92 Å². The van der Waals surface area contributed by atoms with Gasteiger partial charge in [0.1, 0.15) is 5.65 Å². The van der Waals surface area contributed by atoms with Crippen molar-refractivity contribution in [3.63, 3.8) is 0 Å². The first kappa shape index (κ1) is 23.3. The molecule has 0 atom stereocenters. The van der Waals surface area contributed by atoms with Gasteiger partial charge >= 0.3 is 5.97 Å². The minimum atomic E-state index is -0.508. The van der Waals surface area contributed by atoms with E-state index in [1.807, 2.05) is 28.8 Å².